The molecule has 1 aliphatic rings. The van der Waals surface area contributed by atoms with E-state index in [1.54, 1.807) is 0 Å². The Balaban J connectivity index is 1.97. The molecule has 1 unspecified atom stereocenters. The third-order valence-corrected chi connectivity index (χ3v) is 3.74. The molecule has 4 heteroatoms. The van der Waals surface area contributed by atoms with Crippen LogP contribution in [0.3, 0.4) is 0 Å². The van der Waals surface area contributed by atoms with Gasteiger partial charge in [-0.15, -0.1) is 0 Å². The van der Waals surface area contributed by atoms with Gasteiger partial charge in [0.1, 0.15) is 6.04 Å². The summed E-state index contributed by atoms with van der Waals surface area (Å²) in [6.07, 6.45) is 1.07. The van der Waals surface area contributed by atoms with Crippen LogP contribution in [0.25, 0.3) is 0 Å². The van der Waals surface area contributed by atoms with Crippen molar-refractivity contribution < 1.29 is 9.53 Å². The number of anilines is 1. The number of nitrogens with zero attached hydrogens (tertiary/aromatic N) is 2. The Morgan fingerprint density at radius 1 is 1.16 bits per heavy atom. The van der Waals surface area contributed by atoms with Crippen LogP contribution in [-0.2, 0) is 9.53 Å². The Labute approximate surface area is 115 Å². The van der Waals surface area contributed by atoms with E-state index in [2.05, 4.69) is 34.1 Å². The summed E-state index contributed by atoms with van der Waals surface area (Å²) in [6, 6.07) is 10.3. The van der Waals surface area contributed by atoms with E-state index in [-0.39, 0.29) is 12.0 Å². The molecule has 1 aromatic carbocycles. The zero-order chi connectivity index (χ0) is 13.7. The average Bonchev–Trinajstić information content (AvgIpc) is 2.72. The number of methoxy groups -OCH3 is 1. The summed E-state index contributed by atoms with van der Waals surface area (Å²) < 4.78 is 4.82. The van der Waals surface area contributed by atoms with Gasteiger partial charge in [0, 0.05) is 31.9 Å². The molecule has 1 saturated heterocycles. The highest BCUT2D eigenvalue weighted by Gasteiger charge is 2.24. The van der Waals surface area contributed by atoms with Crippen molar-refractivity contribution in [2.75, 3.05) is 38.2 Å². The Hall–Kier alpha value is -1.55. The molecule has 0 radical (unpaired) electrons. The van der Waals surface area contributed by atoms with Gasteiger partial charge in [-0.3, -0.25) is 9.69 Å². The van der Waals surface area contributed by atoms with Crippen molar-refractivity contribution in [1.82, 2.24) is 4.90 Å². The van der Waals surface area contributed by atoms with Crippen molar-refractivity contribution >= 4 is 11.7 Å². The molecule has 1 aliphatic heterocycles. The fourth-order valence-electron chi connectivity index (χ4n) is 2.54. The van der Waals surface area contributed by atoms with Gasteiger partial charge in [-0.1, -0.05) is 18.2 Å². The number of ether oxygens (including phenoxy) is 1. The lowest BCUT2D eigenvalue weighted by Crippen LogP contribution is -2.41. The summed E-state index contributed by atoms with van der Waals surface area (Å²) in [5, 5.41) is 0. The van der Waals surface area contributed by atoms with Crippen molar-refractivity contribution in [2.24, 2.45) is 0 Å². The maximum Gasteiger partial charge on any atom is 0.322 e. The predicted molar refractivity (Wildman–Crippen MR) is 76.3 cm³/mol. The second-order valence-electron chi connectivity index (χ2n) is 4.91. The molecule has 1 fully saturated rings. The minimum atomic E-state index is -0.152. The normalized spacial score (nSPS) is 18.7. The number of carbonyl (C=O) groups excluding carboxylic acids is 1. The molecule has 0 aromatic heterocycles. The second-order valence-corrected chi connectivity index (χ2v) is 4.91. The van der Waals surface area contributed by atoms with Crippen molar-refractivity contribution in [1.29, 1.82) is 0 Å². The van der Waals surface area contributed by atoms with Crippen molar-refractivity contribution in [3.05, 3.63) is 30.3 Å². The van der Waals surface area contributed by atoms with Gasteiger partial charge in [0.05, 0.1) is 7.11 Å². The second kappa shape index (κ2) is 6.57. The fraction of sp³-hybridized carbons (Fsp3) is 0.533. The number of benzene rings is 1. The Morgan fingerprint density at radius 3 is 2.58 bits per heavy atom. The first-order chi connectivity index (χ1) is 9.22. The first kappa shape index (κ1) is 13.9. The van der Waals surface area contributed by atoms with Gasteiger partial charge in [0.25, 0.3) is 0 Å². The zero-order valence-electron chi connectivity index (χ0n) is 11.7. The molecule has 1 aromatic rings. The molecule has 2 rings (SSSR count). The molecule has 0 spiro atoms. The minimum Gasteiger partial charge on any atom is -0.468 e. The number of para-hydroxylation sites is 1. The van der Waals surface area contributed by atoms with Crippen LogP contribution in [0.5, 0.6) is 0 Å². The predicted octanol–water partition coefficient (Wildman–Crippen LogP) is 1.76. The molecule has 0 saturated carbocycles. The molecule has 4 nitrogen and oxygen atoms in total. The van der Waals surface area contributed by atoms with Crippen LogP contribution < -0.4 is 4.90 Å². The summed E-state index contributed by atoms with van der Waals surface area (Å²) in [4.78, 5) is 16.2. The lowest BCUT2D eigenvalue weighted by atomic mass is 10.2. The summed E-state index contributed by atoms with van der Waals surface area (Å²) in [6.45, 7) is 5.74. The largest absolute Gasteiger partial charge is 0.468 e. The highest BCUT2D eigenvalue weighted by atomic mass is 16.5. The third kappa shape index (κ3) is 3.47. The fourth-order valence-corrected chi connectivity index (χ4v) is 2.54. The van der Waals surface area contributed by atoms with Crippen LogP contribution in [0.4, 0.5) is 5.69 Å². The van der Waals surface area contributed by atoms with E-state index in [1.165, 1.54) is 12.8 Å². The molecule has 0 bridgehead atoms. The van der Waals surface area contributed by atoms with Gasteiger partial charge < -0.3 is 9.64 Å². The minimum absolute atomic E-state index is 0.145. The Morgan fingerprint density at radius 2 is 1.89 bits per heavy atom. The van der Waals surface area contributed by atoms with Crippen LogP contribution in [0, 0.1) is 0 Å². The van der Waals surface area contributed by atoms with E-state index in [4.69, 9.17) is 4.74 Å². The molecule has 1 heterocycles. The molecular formula is C15H22N2O2. The Bertz CT molecular complexity index is 408. The number of hydrogen-bond acceptors (Lipinski definition) is 4. The van der Waals surface area contributed by atoms with Crippen LogP contribution in [-0.4, -0.2) is 50.2 Å². The quantitative estimate of drug-likeness (QED) is 0.777. The van der Waals surface area contributed by atoms with Crippen LogP contribution >= 0.6 is 0 Å². The van der Waals surface area contributed by atoms with E-state index in [9.17, 15) is 4.79 Å². The zero-order valence-corrected chi connectivity index (χ0v) is 11.7. The van der Waals surface area contributed by atoms with Crippen molar-refractivity contribution in [3.63, 3.8) is 0 Å². The number of rotatable bonds is 3. The lowest BCUT2D eigenvalue weighted by molar-refractivity contribution is -0.146. The third-order valence-electron chi connectivity index (χ3n) is 3.74. The highest BCUT2D eigenvalue weighted by molar-refractivity contribution is 5.75. The summed E-state index contributed by atoms with van der Waals surface area (Å²) in [7, 11) is 1.45. The van der Waals surface area contributed by atoms with Crippen LogP contribution in [0.2, 0.25) is 0 Å². The molecular weight excluding hydrogens is 240 g/mol. The summed E-state index contributed by atoms with van der Waals surface area (Å²) >= 11 is 0. The van der Waals surface area contributed by atoms with Gasteiger partial charge in [0.2, 0.25) is 0 Å². The number of hydrogen-bond donors (Lipinski definition) is 0. The highest BCUT2D eigenvalue weighted by Crippen LogP contribution is 2.16. The topological polar surface area (TPSA) is 32.8 Å². The maximum atomic E-state index is 11.6. The first-order valence-electron chi connectivity index (χ1n) is 6.84. The lowest BCUT2D eigenvalue weighted by Gasteiger charge is -2.26. The molecule has 19 heavy (non-hydrogen) atoms. The Kier molecular flexibility index (Phi) is 4.80. The number of carbonyl (C=O) groups is 1. The molecule has 0 aliphatic carbocycles. The van der Waals surface area contributed by atoms with E-state index in [1.807, 2.05) is 13.0 Å². The average molecular weight is 262 g/mol. The van der Waals surface area contributed by atoms with Gasteiger partial charge in [-0.25, -0.2) is 0 Å². The summed E-state index contributed by atoms with van der Waals surface area (Å²) in [5.74, 6) is -0.145. The van der Waals surface area contributed by atoms with E-state index >= 15 is 0 Å². The SMILES string of the molecule is COC(=O)C(C)N1CCCN(c2ccccc2)CC1. The summed E-state index contributed by atoms with van der Waals surface area (Å²) in [5.41, 5.74) is 1.26. The molecule has 104 valence electrons. The van der Waals surface area contributed by atoms with Crippen LogP contribution in [0.1, 0.15) is 13.3 Å². The van der Waals surface area contributed by atoms with Crippen LogP contribution in [0.15, 0.2) is 30.3 Å². The van der Waals surface area contributed by atoms with E-state index < -0.39 is 0 Å². The van der Waals surface area contributed by atoms with Gasteiger partial charge >= 0.3 is 5.97 Å². The van der Waals surface area contributed by atoms with Gasteiger partial charge in [-0.05, 0) is 25.5 Å². The smallest absolute Gasteiger partial charge is 0.322 e. The van der Waals surface area contributed by atoms with Crippen molar-refractivity contribution in [2.45, 2.75) is 19.4 Å². The van der Waals surface area contributed by atoms with Gasteiger partial charge in [-0.2, -0.15) is 0 Å². The standard InChI is InChI=1S/C15H22N2O2/c1-13(15(18)19-2)16-9-6-10-17(12-11-16)14-7-4-3-5-8-14/h3-5,7-8,13H,6,9-12H2,1-2H3. The molecule has 0 amide bonds. The van der Waals surface area contributed by atoms with E-state index in [0.717, 1.165) is 32.6 Å². The maximum absolute atomic E-state index is 11.6. The molecule has 0 N–H and O–H groups in total. The van der Waals surface area contributed by atoms with Crippen molar-refractivity contribution in [3.8, 4) is 0 Å². The van der Waals surface area contributed by atoms with E-state index in [0.29, 0.717) is 0 Å². The van der Waals surface area contributed by atoms with Gasteiger partial charge in [0.15, 0.2) is 0 Å². The monoisotopic (exact) mass is 262 g/mol. The number of esters is 1. The first-order valence-corrected chi connectivity index (χ1v) is 6.84. The molecule has 1 atom stereocenters.